The summed E-state index contributed by atoms with van der Waals surface area (Å²) >= 11 is 0. The Morgan fingerprint density at radius 3 is 2.40 bits per heavy atom. The molecule has 1 aromatic carbocycles. The molecule has 1 aromatic heterocycles. The molecule has 7 nitrogen and oxygen atoms in total. The molecule has 4 fully saturated rings. The zero-order chi connectivity index (χ0) is 20.8. The largest absolute Gasteiger partial charge is 0.474 e. The third kappa shape index (κ3) is 3.51. The Morgan fingerprint density at radius 2 is 1.80 bits per heavy atom. The highest BCUT2D eigenvalue weighted by Gasteiger charge is 2.49. The number of carbonyl (C=O) groups excluding carboxylic acids is 1. The van der Waals surface area contributed by atoms with E-state index in [-0.39, 0.29) is 11.8 Å². The standard InChI is InChI=1S/C22H22FN3O4/c23-19-3-2-17(26(28)29)10-18(19)22(27)25-16-1-4-20(24-11-16)30-21-14-6-12-5-13(8-14)9-15(21)7-12/h1-4,10-15,21H,5-9H2,(H,25,27). The zero-order valence-electron chi connectivity index (χ0n) is 16.3. The second-order valence-corrected chi connectivity index (χ2v) is 8.77. The first-order valence-electron chi connectivity index (χ1n) is 10.3. The normalized spacial score (nSPS) is 28.9. The molecule has 0 spiro atoms. The Kier molecular flexibility index (Phi) is 4.64. The SMILES string of the molecule is O=C(Nc1ccc(OC2C3CC4CC(C3)CC2C4)nc1)c1cc([N+](=O)[O-])ccc1F. The third-order valence-electron chi connectivity index (χ3n) is 6.80. The second kappa shape index (κ2) is 7.34. The molecule has 6 rings (SSSR count). The molecule has 1 amide bonds. The average molecular weight is 411 g/mol. The van der Waals surface area contributed by atoms with Crippen molar-refractivity contribution >= 4 is 17.3 Å². The molecule has 0 atom stereocenters. The second-order valence-electron chi connectivity index (χ2n) is 8.77. The van der Waals surface area contributed by atoms with Crippen molar-refractivity contribution in [1.29, 1.82) is 0 Å². The van der Waals surface area contributed by atoms with Gasteiger partial charge >= 0.3 is 0 Å². The fourth-order valence-electron chi connectivity index (χ4n) is 5.73. The zero-order valence-corrected chi connectivity index (χ0v) is 16.3. The summed E-state index contributed by atoms with van der Waals surface area (Å²) < 4.78 is 20.2. The number of rotatable bonds is 5. The number of nitro benzene ring substituents is 1. The van der Waals surface area contributed by atoms with Gasteiger partial charge in [0.1, 0.15) is 11.9 Å². The van der Waals surface area contributed by atoms with Crippen molar-refractivity contribution in [3.63, 3.8) is 0 Å². The van der Waals surface area contributed by atoms with Crippen LogP contribution in [0, 0.1) is 39.6 Å². The van der Waals surface area contributed by atoms with Crippen LogP contribution in [0.15, 0.2) is 36.5 Å². The molecule has 1 heterocycles. The topological polar surface area (TPSA) is 94.4 Å². The van der Waals surface area contributed by atoms with Crippen molar-refractivity contribution in [3.05, 3.63) is 58.0 Å². The molecule has 0 unspecified atom stereocenters. The first-order chi connectivity index (χ1) is 14.5. The minimum absolute atomic E-state index is 0.213. The molecule has 4 bridgehead atoms. The number of nitro groups is 1. The maximum Gasteiger partial charge on any atom is 0.270 e. The smallest absolute Gasteiger partial charge is 0.270 e. The van der Waals surface area contributed by atoms with Crippen LogP contribution < -0.4 is 10.1 Å². The van der Waals surface area contributed by atoms with Crippen molar-refractivity contribution in [2.75, 3.05) is 5.32 Å². The van der Waals surface area contributed by atoms with Crippen molar-refractivity contribution in [1.82, 2.24) is 4.98 Å². The first-order valence-corrected chi connectivity index (χ1v) is 10.3. The lowest BCUT2D eigenvalue weighted by molar-refractivity contribution is -0.384. The van der Waals surface area contributed by atoms with Gasteiger partial charge in [0.2, 0.25) is 5.88 Å². The van der Waals surface area contributed by atoms with Crippen LogP contribution in [-0.2, 0) is 0 Å². The maximum atomic E-state index is 13.9. The van der Waals surface area contributed by atoms with E-state index >= 15 is 0 Å². The van der Waals surface area contributed by atoms with Gasteiger partial charge in [0, 0.05) is 18.2 Å². The molecule has 156 valence electrons. The van der Waals surface area contributed by atoms with Crippen LogP contribution in [-0.4, -0.2) is 21.9 Å². The van der Waals surface area contributed by atoms with E-state index in [4.69, 9.17) is 4.74 Å². The fraction of sp³-hybridized carbons (Fsp3) is 0.455. The number of nitrogens with zero attached hydrogens (tertiary/aromatic N) is 2. The van der Waals surface area contributed by atoms with Gasteiger partial charge in [-0.2, -0.15) is 0 Å². The molecule has 4 aliphatic carbocycles. The van der Waals surface area contributed by atoms with Gasteiger partial charge in [-0.25, -0.2) is 9.37 Å². The molecule has 30 heavy (non-hydrogen) atoms. The van der Waals surface area contributed by atoms with E-state index in [0.29, 0.717) is 23.4 Å². The molecular weight excluding hydrogens is 389 g/mol. The molecule has 0 saturated heterocycles. The molecule has 0 aliphatic heterocycles. The van der Waals surface area contributed by atoms with Crippen LogP contribution in [0.5, 0.6) is 5.88 Å². The van der Waals surface area contributed by atoms with Crippen LogP contribution >= 0.6 is 0 Å². The lowest BCUT2D eigenvalue weighted by Crippen LogP contribution is -2.50. The van der Waals surface area contributed by atoms with Gasteiger partial charge in [-0.05, 0) is 67.9 Å². The number of hydrogen-bond acceptors (Lipinski definition) is 5. The maximum absolute atomic E-state index is 13.9. The summed E-state index contributed by atoms with van der Waals surface area (Å²) in [7, 11) is 0. The third-order valence-corrected chi connectivity index (χ3v) is 6.80. The van der Waals surface area contributed by atoms with E-state index in [2.05, 4.69) is 10.3 Å². The lowest BCUT2D eigenvalue weighted by atomic mass is 9.55. The highest BCUT2D eigenvalue weighted by molar-refractivity contribution is 6.04. The Labute approximate surface area is 172 Å². The predicted octanol–water partition coefficient (Wildman–Crippen LogP) is 4.58. The van der Waals surface area contributed by atoms with Crippen LogP contribution in [0.2, 0.25) is 0 Å². The fourth-order valence-corrected chi connectivity index (χ4v) is 5.73. The summed E-state index contributed by atoms with van der Waals surface area (Å²) in [4.78, 5) is 26.8. The number of non-ortho nitro benzene ring substituents is 1. The van der Waals surface area contributed by atoms with Crippen molar-refractivity contribution in [2.24, 2.45) is 23.7 Å². The minimum Gasteiger partial charge on any atom is -0.474 e. The molecule has 0 radical (unpaired) electrons. The summed E-state index contributed by atoms with van der Waals surface area (Å²) in [6.45, 7) is 0. The number of aromatic nitrogens is 1. The van der Waals surface area contributed by atoms with E-state index in [1.54, 1.807) is 12.1 Å². The number of benzene rings is 1. The quantitative estimate of drug-likeness (QED) is 0.574. The molecule has 4 saturated carbocycles. The Morgan fingerprint density at radius 1 is 1.10 bits per heavy atom. The van der Waals surface area contributed by atoms with Gasteiger partial charge in [-0.15, -0.1) is 0 Å². The van der Waals surface area contributed by atoms with Crippen LogP contribution in [0.4, 0.5) is 15.8 Å². The van der Waals surface area contributed by atoms with Crippen LogP contribution in [0.3, 0.4) is 0 Å². The molecule has 8 heteroatoms. The van der Waals surface area contributed by atoms with E-state index in [9.17, 15) is 19.3 Å². The van der Waals surface area contributed by atoms with Crippen molar-refractivity contribution in [2.45, 2.75) is 38.2 Å². The van der Waals surface area contributed by atoms with Crippen LogP contribution in [0.1, 0.15) is 42.5 Å². The highest BCUT2D eigenvalue weighted by atomic mass is 19.1. The number of nitrogens with one attached hydrogen (secondary N) is 1. The summed E-state index contributed by atoms with van der Waals surface area (Å²) in [5.41, 5.74) is -0.374. The monoisotopic (exact) mass is 411 g/mol. The Balaban J connectivity index is 1.25. The number of ether oxygens (including phenoxy) is 1. The van der Waals surface area contributed by atoms with Crippen molar-refractivity contribution in [3.8, 4) is 5.88 Å². The van der Waals surface area contributed by atoms with Gasteiger partial charge < -0.3 is 10.1 Å². The minimum atomic E-state index is -0.826. The summed E-state index contributed by atoms with van der Waals surface area (Å²) in [5.74, 6) is 1.88. The molecule has 4 aliphatic rings. The Bertz CT molecular complexity index is 966. The van der Waals surface area contributed by atoms with Crippen LogP contribution in [0.25, 0.3) is 0 Å². The molecule has 1 N–H and O–H groups in total. The van der Waals surface area contributed by atoms with E-state index in [0.717, 1.165) is 30.0 Å². The number of anilines is 1. The number of carbonyl (C=O) groups is 1. The molecular formula is C22H22FN3O4. The number of hydrogen-bond donors (Lipinski definition) is 1. The number of pyridine rings is 1. The highest BCUT2D eigenvalue weighted by Crippen LogP contribution is 2.54. The predicted molar refractivity (Wildman–Crippen MR) is 107 cm³/mol. The average Bonchev–Trinajstić information content (AvgIpc) is 2.71. The van der Waals surface area contributed by atoms with Gasteiger partial charge in [-0.1, -0.05) is 0 Å². The Hall–Kier alpha value is -3.03. The van der Waals surface area contributed by atoms with Crippen molar-refractivity contribution < 1.29 is 18.8 Å². The first kappa shape index (κ1) is 19.0. The van der Waals surface area contributed by atoms with E-state index < -0.39 is 22.2 Å². The molecule has 2 aromatic rings. The van der Waals surface area contributed by atoms with Gasteiger partial charge in [0.15, 0.2) is 0 Å². The summed E-state index contributed by atoms with van der Waals surface area (Å²) in [5, 5.41) is 13.4. The summed E-state index contributed by atoms with van der Waals surface area (Å²) in [6, 6.07) is 6.19. The van der Waals surface area contributed by atoms with Gasteiger partial charge in [0.25, 0.3) is 11.6 Å². The van der Waals surface area contributed by atoms with E-state index in [1.807, 2.05) is 0 Å². The van der Waals surface area contributed by atoms with Gasteiger partial charge in [-0.3, -0.25) is 14.9 Å². The summed E-state index contributed by atoms with van der Waals surface area (Å²) in [6.07, 6.45) is 8.06. The number of halogens is 1. The van der Waals surface area contributed by atoms with Gasteiger partial charge in [0.05, 0.1) is 22.4 Å². The number of amides is 1. The van der Waals surface area contributed by atoms with E-state index in [1.165, 1.54) is 38.3 Å². The lowest BCUT2D eigenvalue weighted by Gasteiger charge is -2.53.